The molecular weight excluding hydrogens is 284 g/mol. The fourth-order valence-corrected chi connectivity index (χ4v) is 2.51. The molecule has 2 rings (SSSR count). The highest BCUT2D eigenvalue weighted by Gasteiger charge is 2.33. The monoisotopic (exact) mass is 294 g/mol. The second-order valence-corrected chi connectivity index (χ2v) is 4.84. The van der Waals surface area contributed by atoms with Gasteiger partial charge in [0, 0.05) is 24.4 Å². The van der Waals surface area contributed by atoms with Crippen molar-refractivity contribution in [2.24, 2.45) is 11.0 Å². The zero-order chi connectivity index (χ0) is 14.7. The van der Waals surface area contributed by atoms with E-state index in [1.54, 1.807) is 0 Å². The van der Waals surface area contributed by atoms with Crippen molar-refractivity contribution < 1.29 is 14.7 Å². The van der Waals surface area contributed by atoms with Gasteiger partial charge in [0.05, 0.1) is 16.3 Å². The predicted molar refractivity (Wildman–Crippen MR) is 72.9 cm³/mol. The van der Waals surface area contributed by atoms with E-state index in [0.717, 1.165) is 0 Å². The van der Waals surface area contributed by atoms with E-state index in [4.69, 9.17) is 17.1 Å². The summed E-state index contributed by atoms with van der Waals surface area (Å²) >= 11 is 6.03. The standard InChI is InChI=1S/C12H11ClN4O3/c13-9-3-1-2-8(12(19)20)11(9)17-6-7(4-10(17)18)5-15-16-14/h1-3,7H,4-6H2,(H,19,20). The summed E-state index contributed by atoms with van der Waals surface area (Å²) in [5, 5.41) is 12.8. The van der Waals surface area contributed by atoms with E-state index in [1.807, 2.05) is 0 Å². The van der Waals surface area contributed by atoms with Crippen LogP contribution in [0.1, 0.15) is 16.8 Å². The molecule has 1 atom stereocenters. The van der Waals surface area contributed by atoms with E-state index >= 15 is 0 Å². The van der Waals surface area contributed by atoms with Crippen LogP contribution in [0.4, 0.5) is 5.69 Å². The second-order valence-electron chi connectivity index (χ2n) is 4.43. The third-order valence-corrected chi connectivity index (χ3v) is 3.40. The highest BCUT2D eigenvalue weighted by Crippen LogP contribution is 2.34. The van der Waals surface area contributed by atoms with Gasteiger partial charge in [0.2, 0.25) is 5.91 Å². The average molecular weight is 295 g/mol. The van der Waals surface area contributed by atoms with E-state index < -0.39 is 5.97 Å². The van der Waals surface area contributed by atoms with Gasteiger partial charge in [-0.15, -0.1) is 0 Å². The lowest BCUT2D eigenvalue weighted by atomic mass is 10.1. The van der Waals surface area contributed by atoms with Crippen molar-refractivity contribution in [1.82, 2.24) is 0 Å². The molecule has 20 heavy (non-hydrogen) atoms. The number of hydrogen-bond donors (Lipinski definition) is 1. The van der Waals surface area contributed by atoms with E-state index in [0.29, 0.717) is 6.54 Å². The Balaban J connectivity index is 2.35. The number of anilines is 1. The number of nitrogens with zero attached hydrogens (tertiary/aromatic N) is 4. The maximum Gasteiger partial charge on any atom is 0.337 e. The van der Waals surface area contributed by atoms with Gasteiger partial charge in [0.1, 0.15) is 0 Å². The van der Waals surface area contributed by atoms with Crippen LogP contribution in [0.5, 0.6) is 0 Å². The van der Waals surface area contributed by atoms with Crippen molar-refractivity contribution in [2.45, 2.75) is 6.42 Å². The van der Waals surface area contributed by atoms with Gasteiger partial charge < -0.3 is 10.0 Å². The largest absolute Gasteiger partial charge is 0.478 e. The number of hydrogen-bond acceptors (Lipinski definition) is 3. The molecule has 0 radical (unpaired) electrons. The van der Waals surface area contributed by atoms with Gasteiger partial charge in [0.15, 0.2) is 0 Å². The minimum atomic E-state index is -1.14. The number of amides is 1. The molecule has 1 amide bonds. The topological polar surface area (TPSA) is 106 Å². The summed E-state index contributed by atoms with van der Waals surface area (Å²) < 4.78 is 0. The highest BCUT2D eigenvalue weighted by atomic mass is 35.5. The number of aromatic carboxylic acids is 1. The Hall–Kier alpha value is -2.24. The number of carboxylic acid groups (broad SMARTS) is 1. The van der Waals surface area contributed by atoms with Gasteiger partial charge in [0.25, 0.3) is 0 Å². The molecule has 1 aliphatic heterocycles. The first-order valence-corrected chi connectivity index (χ1v) is 6.25. The maximum atomic E-state index is 12.0. The van der Waals surface area contributed by atoms with Gasteiger partial charge in [-0.3, -0.25) is 4.79 Å². The number of rotatable bonds is 4. The fourth-order valence-electron chi connectivity index (χ4n) is 2.23. The van der Waals surface area contributed by atoms with Gasteiger partial charge in [-0.05, 0) is 23.6 Å². The molecule has 1 saturated heterocycles. The molecule has 1 aromatic rings. The molecule has 1 heterocycles. The summed E-state index contributed by atoms with van der Waals surface area (Å²) in [5.41, 5.74) is 8.48. The molecule has 7 nitrogen and oxygen atoms in total. The summed E-state index contributed by atoms with van der Waals surface area (Å²) in [6.45, 7) is 0.494. The molecule has 1 aromatic carbocycles. The quantitative estimate of drug-likeness (QED) is 0.524. The van der Waals surface area contributed by atoms with Crippen LogP contribution < -0.4 is 4.90 Å². The van der Waals surface area contributed by atoms with Gasteiger partial charge in [-0.1, -0.05) is 22.8 Å². The molecule has 1 aliphatic rings. The number of benzene rings is 1. The van der Waals surface area contributed by atoms with Crippen LogP contribution >= 0.6 is 11.6 Å². The number of carboxylic acids is 1. The van der Waals surface area contributed by atoms with Crippen LogP contribution in [-0.2, 0) is 4.79 Å². The minimum Gasteiger partial charge on any atom is -0.478 e. The molecule has 1 unspecified atom stereocenters. The molecule has 0 aromatic heterocycles. The lowest BCUT2D eigenvalue weighted by Crippen LogP contribution is -2.27. The average Bonchev–Trinajstić information content (AvgIpc) is 2.77. The molecule has 0 aliphatic carbocycles. The smallest absolute Gasteiger partial charge is 0.337 e. The van der Waals surface area contributed by atoms with Crippen molar-refractivity contribution in [1.29, 1.82) is 0 Å². The SMILES string of the molecule is [N-]=[N+]=NCC1CC(=O)N(c2c(Cl)cccc2C(=O)O)C1. The number of azide groups is 1. The Kier molecular flexibility index (Phi) is 4.12. The summed E-state index contributed by atoms with van der Waals surface area (Å²) in [6.07, 6.45) is 0.212. The maximum absolute atomic E-state index is 12.0. The van der Waals surface area contributed by atoms with E-state index in [2.05, 4.69) is 10.0 Å². The van der Waals surface area contributed by atoms with Crippen LogP contribution in [0.25, 0.3) is 10.4 Å². The lowest BCUT2D eigenvalue weighted by molar-refractivity contribution is -0.117. The summed E-state index contributed by atoms with van der Waals surface area (Å²) in [5.74, 6) is -1.50. The molecular formula is C12H11ClN4O3. The van der Waals surface area contributed by atoms with Crippen LogP contribution in [0.3, 0.4) is 0 Å². The zero-order valence-electron chi connectivity index (χ0n) is 10.4. The fraction of sp³-hybridized carbons (Fsp3) is 0.333. The number of carbonyl (C=O) groups is 2. The minimum absolute atomic E-state index is 0.0183. The van der Waals surface area contributed by atoms with E-state index in [9.17, 15) is 14.7 Å². The third-order valence-electron chi connectivity index (χ3n) is 3.10. The summed E-state index contributed by atoms with van der Waals surface area (Å²) in [4.78, 5) is 27.3. The second kappa shape index (κ2) is 5.81. The van der Waals surface area contributed by atoms with Crippen molar-refractivity contribution in [3.05, 3.63) is 39.2 Å². The predicted octanol–water partition coefficient (Wildman–Crippen LogP) is 2.70. The van der Waals surface area contributed by atoms with Crippen LogP contribution in [0.15, 0.2) is 23.3 Å². The molecule has 0 saturated carbocycles. The first kappa shape index (κ1) is 14.2. The number of carbonyl (C=O) groups excluding carboxylic acids is 1. The van der Waals surface area contributed by atoms with Gasteiger partial charge >= 0.3 is 5.97 Å². The molecule has 8 heteroatoms. The molecule has 0 bridgehead atoms. The van der Waals surface area contributed by atoms with Crippen LogP contribution in [0, 0.1) is 5.92 Å². The van der Waals surface area contributed by atoms with E-state index in [1.165, 1.54) is 23.1 Å². The third kappa shape index (κ3) is 2.68. The highest BCUT2D eigenvalue weighted by molar-refractivity contribution is 6.34. The number of halogens is 1. The van der Waals surface area contributed by atoms with Crippen molar-refractivity contribution in [3.8, 4) is 0 Å². The Morgan fingerprint density at radius 1 is 1.60 bits per heavy atom. The normalized spacial score (nSPS) is 17.9. The Morgan fingerprint density at radius 3 is 3.00 bits per heavy atom. The zero-order valence-corrected chi connectivity index (χ0v) is 11.1. The Bertz CT molecular complexity index is 613. The van der Waals surface area contributed by atoms with Crippen molar-refractivity contribution in [3.63, 3.8) is 0 Å². The molecule has 1 N–H and O–H groups in total. The lowest BCUT2D eigenvalue weighted by Gasteiger charge is -2.20. The molecule has 104 valence electrons. The first-order chi connectivity index (χ1) is 9.54. The van der Waals surface area contributed by atoms with Gasteiger partial charge in [-0.2, -0.15) is 0 Å². The van der Waals surface area contributed by atoms with Crippen LogP contribution in [0.2, 0.25) is 5.02 Å². The first-order valence-electron chi connectivity index (χ1n) is 5.87. The van der Waals surface area contributed by atoms with Gasteiger partial charge in [-0.25, -0.2) is 4.79 Å². The van der Waals surface area contributed by atoms with E-state index in [-0.39, 0.29) is 41.1 Å². The molecule has 1 fully saturated rings. The van der Waals surface area contributed by atoms with Crippen molar-refractivity contribution >= 4 is 29.2 Å². The summed E-state index contributed by atoms with van der Waals surface area (Å²) in [7, 11) is 0. The number of para-hydroxylation sites is 1. The van der Waals surface area contributed by atoms with Crippen LogP contribution in [-0.4, -0.2) is 30.1 Å². The molecule has 0 spiro atoms. The Morgan fingerprint density at radius 2 is 2.35 bits per heavy atom. The van der Waals surface area contributed by atoms with Crippen molar-refractivity contribution in [2.75, 3.05) is 18.0 Å². The Labute approximate surface area is 119 Å². The summed E-state index contributed by atoms with van der Waals surface area (Å²) in [6, 6.07) is 4.46.